The van der Waals surface area contributed by atoms with Gasteiger partial charge in [0, 0.05) is 16.7 Å². The fourth-order valence-corrected chi connectivity index (χ4v) is 3.11. The van der Waals surface area contributed by atoms with Crippen LogP contribution in [0.2, 0.25) is 0 Å². The zero-order valence-electron chi connectivity index (χ0n) is 9.77. The van der Waals surface area contributed by atoms with Crippen molar-refractivity contribution in [2.45, 2.75) is 25.2 Å². The highest BCUT2D eigenvalue weighted by Crippen LogP contribution is 2.29. The van der Waals surface area contributed by atoms with Gasteiger partial charge in [0.25, 0.3) is 9.05 Å². The molecule has 0 aliphatic heterocycles. The van der Waals surface area contributed by atoms with E-state index in [2.05, 4.69) is 15.9 Å². The molecule has 8 heteroatoms. The number of hydrogen-bond donors (Lipinski definition) is 0. The average molecular weight is 360 g/mol. The molecule has 5 nitrogen and oxygen atoms in total. The topological polar surface area (TPSA) is 73.6 Å². The van der Waals surface area contributed by atoms with Crippen molar-refractivity contribution in [3.8, 4) is 0 Å². The first-order valence-electron chi connectivity index (χ1n) is 5.13. The highest BCUT2D eigenvalue weighted by molar-refractivity contribution is 9.10. The summed E-state index contributed by atoms with van der Waals surface area (Å²) >= 11 is 2.87. The zero-order chi connectivity index (χ0) is 13.9. The van der Waals surface area contributed by atoms with Gasteiger partial charge in [-0.05, 0) is 28.3 Å². The van der Waals surface area contributed by atoms with Gasteiger partial charge in [0.05, 0.1) is 6.61 Å². The highest BCUT2D eigenvalue weighted by Gasteiger charge is 2.23. The molecule has 102 valence electrons. The lowest BCUT2D eigenvalue weighted by molar-refractivity contribution is 0.0450. The van der Waals surface area contributed by atoms with E-state index < -0.39 is 15.0 Å². The number of carbonyl (C=O) groups is 1. The summed E-state index contributed by atoms with van der Waals surface area (Å²) in [6.45, 7) is 4.24. The third-order valence-electron chi connectivity index (χ3n) is 2.05. The molecule has 0 aliphatic carbocycles. The highest BCUT2D eigenvalue weighted by atomic mass is 79.9. The summed E-state index contributed by atoms with van der Waals surface area (Å²) in [5.41, 5.74) is 0. The average Bonchev–Trinajstić information content (AvgIpc) is 2.59. The molecule has 0 amide bonds. The van der Waals surface area contributed by atoms with Crippen LogP contribution in [0.3, 0.4) is 0 Å². The minimum Gasteiger partial charge on any atom is -0.460 e. The number of hydrogen-bond acceptors (Lipinski definition) is 5. The Hall–Kier alpha value is -0.530. The Labute approximate surface area is 118 Å². The number of ether oxygens (including phenoxy) is 1. The lowest BCUT2D eigenvalue weighted by atomic mass is 10.1. The second-order valence-electron chi connectivity index (χ2n) is 4.00. The van der Waals surface area contributed by atoms with Gasteiger partial charge >= 0.3 is 5.97 Å². The molecule has 0 bridgehead atoms. The number of furan rings is 1. The number of halogens is 2. The molecule has 18 heavy (non-hydrogen) atoms. The van der Waals surface area contributed by atoms with E-state index in [1.807, 2.05) is 13.8 Å². The van der Waals surface area contributed by atoms with Crippen LogP contribution in [0.4, 0.5) is 0 Å². The van der Waals surface area contributed by atoms with Crippen molar-refractivity contribution in [3.05, 3.63) is 16.5 Å². The fourth-order valence-electron chi connectivity index (χ4n) is 1.08. The van der Waals surface area contributed by atoms with Crippen molar-refractivity contribution in [2.24, 2.45) is 5.92 Å². The SMILES string of the molecule is CC(C)CCOC(=O)c1cc(S(=O)(=O)Cl)c(Br)o1. The van der Waals surface area contributed by atoms with Gasteiger partial charge in [-0.25, -0.2) is 13.2 Å². The Morgan fingerprint density at radius 3 is 2.61 bits per heavy atom. The molecule has 1 aromatic rings. The quantitative estimate of drug-likeness (QED) is 0.596. The summed E-state index contributed by atoms with van der Waals surface area (Å²) in [5.74, 6) is -0.521. The van der Waals surface area contributed by atoms with Crippen LogP contribution in [0.15, 0.2) is 20.0 Å². The summed E-state index contributed by atoms with van der Waals surface area (Å²) in [6.07, 6.45) is 0.717. The molecular weight excluding hydrogens is 348 g/mol. The summed E-state index contributed by atoms with van der Waals surface area (Å²) in [7, 11) is 1.20. The van der Waals surface area contributed by atoms with E-state index in [1.54, 1.807) is 0 Å². The van der Waals surface area contributed by atoms with Gasteiger partial charge < -0.3 is 9.15 Å². The van der Waals surface area contributed by atoms with Crippen molar-refractivity contribution in [3.63, 3.8) is 0 Å². The van der Waals surface area contributed by atoms with Crippen LogP contribution in [-0.4, -0.2) is 21.0 Å². The van der Waals surface area contributed by atoms with Gasteiger partial charge in [-0.3, -0.25) is 0 Å². The molecule has 0 fully saturated rings. The van der Waals surface area contributed by atoms with Gasteiger partial charge in [0.2, 0.25) is 5.76 Å². The van der Waals surface area contributed by atoms with Crippen molar-refractivity contribution in [2.75, 3.05) is 6.61 Å². The zero-order valence-corrected chi connectivity index (χ0v) is 12.9. The second-order valence-corrected chi connectivity index (χ2v) is 7.26. The monoisotopic (exact) mass is 358 g/mol. The van der Waals surface area contributed by atoms with Crippen LogP contribution in [0.5, 0.6) is 0 Å². The van der Waals surface area contributed by atoms with E-state index in [4.69, 9.17) is 19.8 Å². The number of rotatable bonds is 5. The predicted octanol–water partition coefficient (Wildman–Crippen LogP) is 3.17. The van der Waals surface area contributed by atoms with E-state index in [9.17, 15) is 13.2 Å². The van der Waals surface area contributed by atoms with E-state index in [-0.39, 0.29) is 21.9 Å². The largest absolute Gasteiger partial charge is 0.460 e. The van der Waals surface area contributed by atoms with E-state index in [0.717, 1.165) is 6.07 Å². The van der Waals surface area contributed by atoms with Gasteiger partial charge in [0.1, 0.15) is 4.90 Å². The molecule has 0 N–H and O–H groups in total. The molecular formula is C10H12BrClO5S. The summed E-state index contributed by atoms with van der Waals surface area (Å²) in [6, 6.07) is 1.03. The Morgan fingerprint density at radius 1 is 1.56 bits per heavy atom. The third-order valence-corrected chi connectivity index (χ3v) is 4.23. The molecule has 1 rings (SSSR count). The minimum atomic E-state index is -3.96. The fraction of sp³-hybridized carbons (Fsp3) is 0.500. The van der Waals surface area contributed by atoms with E-state index >= 15 is 0 Å². The van der Waals surface area contributed by atoms with Crippen molar-refractivity contribution < 1.29 is 22.4 Å². The first-order chi connectivity index (χ1) is 8.21. The van der Waals surface area contributed by atoms with Crippen molar-refractivity contribution >= 4 is 41.6 Å². The van der Waals surface area contributed by atoms with Gasteiger partial charge in [-0.15, -0.1) is 0 Å². The van der Waals surface area contributed by atoms with Gasteiger partial charge in [-0.2, -0.15) is 0 Å². The maximum atomic E-state index is 11.5. The molecule has 0 atom stereocenters. The van der Waals surface area contributed by atoms with Gasteiger partial charge in [0.15, 0.2) is 4.67 Å². The van der Waals surface area contributed by atoms with Crippen LogP contribution in [-0.2, 0) is 13.8 Å². The van der Waals surface area contributed by atoms with Crippen LogP contribution in [0.25, 0.3) is 0 Å². The standard InChI is InChI=1S/C10H12BrClO5S/c1-6(2)3-4-16-10(13)7-5-8(9(11)17-7)18(12,14)15/h5-6H,3-4H2,1-2H3. The Kier molecular flexibility index (Phi) is 5.24. The molecule has 0 radical (unpaired) electrons. The minimum absolute atomic E-state index is 0.117. The second kappa shape index (κ2) is 6.08. The molecule has 1 aromatic heterocycles. The summed E-state index contributed by atoms with van der Waals surface area (Å²) < 4.78 is 32.0. The predicted molar refractivity (Wildman–Crippen MR) is 69.2 cm³/mol. The molecule has 0 saturated heterocycles. The molecule has 1 heterocycles. The molecule has 0 aliphatic rings. The Balaban J connectivity index is 2.77. The summed E-state index contributed by atoms with van der Waals surface area (Å²) in [5, 5.41) is 0. The van der Waals surface area contributed by atoms with E-state index in [1.165, 1.54) is 0 Å². The number of esters is 1. The smallest absolute Gasteiger partial charge is 0.374 e. The van der Waals surface area contributed by atoms with Crippen molar-refractivity contribution in [1.29, 1.82) is 0 Å². The molecule has 0 aromatic carbocycles. The normalized spacial score (nSPS) is 11.8. The lowest BCUT2D eigenvalue weighted by Crippen LogP contribution is -2.07. The molecule has 0 unspecified atom stereocenters. The molecule has 0 saturated carbocycles. The molecule has 0 spiro atoms. The first-order valence-corrected chi connectivity index (χ1v) is 8.23. The van der Waals surface area contributed by atoms with Crippen molar-refractivity contribution in [1.82, 2.24) is 0 Å². The maximum Gasteiger partial charge on any atom is 0.374 e. The van der Waals surface area contributed by atoms with Crippen LogP contribution in [0, 0.1) is 5.92 Å². The van der Waals surface area contributed by atoms with Crippen LogP contribution >= 0.6 is 26.6 Å². The Morgan fingerprint density at radius 2 is 2.17 bits per heavy atom. The maximum absolute atomic E-state index is 11.5. The Bertz CT molecular complexity index is 534. The van der Waals surface area contributed by atoms with Crippen LogP contribution < -0.4 is 0 Å². The first kappa shape index (κ1) is 15.5. The third kappa shape index (κ3) is 4.29. The summed E-state index contributed by atoms with van der Waals surface area (Å²) in [4.78, 5) is 11.3. The van der Waals surface area contributed by atoms with E-state index in [0.29, 0.717) is 12.3 Å². The number of carbonyl (C=O) groups excluding carboxylic acids is 1. The lowest BCUT2D eigenvalue weighted by Gasteiger charge is -2.04. The van der Waals surface area contributed by atoms with Crippen LogP contribution in [0.1, 0.15) is 30.8 Å². The van der Waals surface area contributed by atoms with Gasteiger partial charge in [-0.1, -0.05) is 13.8 Å².